The van der Waals surface area contributed by atoms with Crippen molar-refractivity contribution in [3.8, 4) is 5.75 Å². The van der Waals surface area contributed by atoms with Crippen LogP contribution in [-0.2, 0) is 19.2 Å². The highest BCUT2D eigenvalue weighted by Crippen LogP contribution is 2.55. The van der Waals surface area contributed by atoms with Gasteiger partial charge in [0.05, 0.1) is 23.6 Å². The van der Waals surface area contributed by atoms with Gasteiger partial charge in [-0.3, -0.25) is 28.9 Å². The van der Waals surface area contributed by atoms with Crippen LogP contribution in [0.5, 0.6) is 5.75 Å². The summed E-state index contributed by atoms with van der Waals surface area (Å²) in [5, 5.41) is 65.1. The first-order valence-electron chi connectivity index (χ1n) is 12.1. The number of fused-ring (bicyclic) bond motifs is 3. The average Bonchev–Trinajstić information content (AvgIpc) is 2.85. The first-order valence-corrected chi connectivity index (χ1v) is 12.1. The molecule has 15 nitrogen and oxygen atoms in total. The Bertz CT molecular complexity index is 1350. The Morgan fingerprint density at radius 3 is 2.17 bits per heavy atom. The van der Waals surface area contributed by atoms with Crippen molar-refractivity contribution in [2.24, 2.45) is 17.6 Å². The van der Waals surface area contributed by atoms with Crippen LogP contribution < -0.4 is 11.1 Å². The van der Waals surface area contributed by atoms with Crippen LogP contribution in [0.3, 0.4) is 0 Å². The fourth-order valence-electron chi connectivity index (χ4n) is 5.78. The molecule has 0 radical (unpaired) electrons. The van der Waals surface area contributed by atoms with Crippen molar-refractivity contribution in [1.29, 1.82) is 0 Å². The monoisotopic (exact) mass is 579 g/mol. The van der Waals surface area contributed by atoms with Gasteiger partial charge in [0.15, 0.2) is 11.4 Å². The second-order valence-corrected chi connectivity index (χ2v) is 10.1. The Balaban J connectivity index is 0.000000574. The summed E-state index contributed by atoms with van der Waals surface area (Å²) in [5.41, 5.74) is 1.36. The summed E-state index contributed by atoms with van der Waals surface area (Å²) in [6, 6.07) is 3.17. The Kier molecular flexibility index (Phi) is 9.36. The van der Waals surface area contributed by atoms with Gasteiger partial charge in [0.2, 0.25) is 11.7 Å². The van der Waals surface area contributed by atoms with E-state index in [4.69, 9.17) is 10.8 Å². The third-order valence-electron chi connectivity index (χ3n) is 7.48. The Hall–Kier alpha value is -4.31. The van der Waals surface area contributed by atoms with Crippen molar-refractivity contribution in [1.82, 2.24) is 10.2 Å². The van der Waals surface area contributed by atoms with E-state index in [9.17, 15) is 49.5 Å². The van der Waals surface area contributed by atoms with E-state index in [0.29, 0.717) is 5.56 Å². The number of nitrogens with one attached hydrogen (secondary N) is 1. The Labute approximate surface area is 233 Å². The molecule has 0 unspecified atom stereocenters. The summed E-state index contributed by atoms with van der Waals surface area (Å²) >= 11 is 0. The molecule has 2 amide bonds. The highest BCUT2D eigenvalue weighted by atomic mass is 16.4. The largest absolute Gasteiger partial charge is 0.510 e. The number of primary amides is 1. The quantitative estimate of drug-likeness (QED) is 0.180. The van der Waals surface area contributed by atoms with E-state index in [2.05, 4.69) is 5.32 Å². The van der Waals surface area contributed by atoms with Gasteiger partial charge in [-0.25, -0.2) is 0 Å². The van der Waals surface area contributed by atoms with E-state index in [1.165, 1.54) is 32.0 Å². The summed E-state index contributed by atoms with van der Waals surface area (Å²) in [5.74, 6) is -10.2. The molecule has 11 N–H and O–H groups in total. The van der Waals surface area contributed by atoms with E-state index in [1.807, 2.05) is 0 Å². The summed E-state index contributed by atoms with van der Waals surface area (Å²) < 4.78 is 0. The van der Waals surface area contributed by atoms with Crippen molar-refractivity contribution in [2.75, 3.05) is 20.6 Å². The molecular formula is C26H33N3O12. The zero-order valence-electron chi connectivity index (χ0n) is 22.6. The molecule has 0 fully saturated rings. The number of aliphatic carboxylic acids is 1. The topological polar surface area (TPSA) is 280 Å². The normalized spacial score (nSPS) is 28.4. The van der Waals surface area contributed by atoms with E-state index >= 15 is 0 Å². The number of aliphatic hydroxyl groups excluding tert-OH is 3. The predicted molar refractivity (Wildman–Crippen MR) is 140 cm³/mol. The molecule has 0 aromatic heterocycles. The number of Topliss-reactive ketones (excluding diaryl/α,β-unsaturated/α-hetero) is 2. The lowest BCUT2D eigenvalue weighted by atomic mass is 9.55. The molecule has 224 valence electrons. The maximum atomic E-state index is 13.3. The maximum Gasteiger partial charge on any atom is 0.322 e. The predicted octanol–water partition coefficient (Wildman–Crippen LogP) is -1.97. The number of carboxylic acids is 1. The van der Waals surface area contributed by atoms with Gasteiger partial charge in [0.1, 0.15) is 29.4 Å². The lowest BCUT2D eigenvalue weighted by Crippen LogP contribution is -2.68. The van der Waals surface area contributed by atoms with Crippen LogP contribution in [-0.4, -0.2) is 109 Å². The van der Waals surface area contributed by atoms with Crippen molar-refractivity contribution >= 4 is 29.4 Å². The number of hydrogen-bond acceptors (Lipinski definition) is 11. The number of carbonyl (C=O) groups is 5. The average molecular weight is 580 g/mol. The van der Waals surface area contributed by atoms with Crippen molar-refractivity contribution in [3.05, 3.63) is 52.0 Å². The van der Waals surface area contributed by atoms with E-state index in [1.54, 1.807) is 19.1 Å². The van der Waals surface area contributed by atoms with E-state index < -0.39 is 81.6 Å². The molecule has 3 aliphatic carbocycles. The number of carbonyl (C=O) groups excluding carboxylic acids is 4. The van der Waals surface area contributed by atoms with Crippen LogP contribution in [0.4, 0.5) is 0 Å². The molecule has 3 aliphatic rings. The number of ketones is 2. The number of rotatable bonds is 4. The Morgan fingerprint density at radius 1 is 1.12 bits per heavy atom. The fraction of sp³-hybridized carbons (Fsp3) is 0.423. The molecule has 1 aromatic carbocycles. The molecule has 0 heterocycles. The molecule has 0 bridgehead atoms. The molecule has 6 atom stereocenters. The Morgan fingerprint density at radius 2 is 1.71 bits per heavy atom. The van der Waals surface area contributed by atoms with Gasteiger partial charge in [-0.2, -0.15) is 0 Å². The number of nitrogens with two attached hydrogens (primary N) is 1. The SMILES string of the molecule is CC(=O)NCC(=O)O.C[C@H]1c2cccc(O)c2C(=O)C2=C(O)[C@]3(O)C(=O)C(C(N)=O)=C(O)[C@@H](N(C)C)[C@@H]3[C@@H](O)[C@@H]21.O. The van der Waals surface area contributed by atoms with Gasteiger partial charge in [-0.05, 0) is 31.6 Å². The number of hydrogen-bond donors (Lipinski definition) is 8. The second kappa shape index (κ2) is 11.7. The first kappa shape index (κ1) is 32.9. The van der Waals surface area contributed by atoms with Gasteiger partial charge in [-0.1, -0.05) is 19.1 Å². The number of likely N-dealkylation sites (N-methyl/N-ethyl adjacent to an activating group) is 1. The summed E-state index contributed by atoms with van der Waals surface area (Å²) in [7, 11) is 2.98. The number of nitrogens with zero attached hydrogens (tertiary/aromatic N) is 1. The van der Waals surface area contributed by atoms with Gasteiger partial charge >= 0.3 is 5.97 Å². The van der Waals surface area contributed by atoms with E-state index in [0.717, 1.165) is 0 Å². The standard InChI is InChI=1S/C22H24N2O8.C4H7NO3.H2O/c1-7-8-5-4-6-9(25)11(8)16(26)12-10(7)17(27)14-15(24(2)3)18(28)13(21(23)31)20(30)22(14,32)19(12)29;1-3(6)5-2-4(7)8;/h4-7,10,14-15,17,25,27-29,32H,1-3H3,(H2,23,31);2H2,1H3,(H,5,6)(H,7,8);1H2/t7-,10+,14+,15-,17-,22-;;/m0../s1. The highest BCUT2D eigenvalue weighted by Gasteiger charge is 2.67. The minimum Gasteiger partial charge on any atom is -0.510 e. The lowest BCUT2D eigenvalue weighted by molar-refractivity contribution is -0.162. The molecule has 1 aromatic rings. The van der Waals surface area contributed by atoms with Crippen LogP contribution in [0.2, 0.25) is 0 Å². The van der Waals surface area contributed by atoms with Crippen LogP contribution in [0.1, 0.15) is 35.7 Å². The van der Waals surface area contributed by atoms with Crippen molar-refractivity contribution in [2.45, 2.75) is 37.5 Å². The minimum absolute atomic E-state index is 0. The van der Waals surface area contributed by atoms with Crippen molar-refractivity contribution in [3.63, 3.8) is 0 Å². The number of benzene rings is 1. The number of aliphatic hydroxyl groups is 4. The fourth-order valence-corrected chi connectivity index (χ4v) is 5.78. The van der Waals surface area contributed by atoms with Gasteiger partial charge in [-0.15, -0.1) is 0 Å². The molecular weight excluding hydrogens is 546 g/mol. The second-order valence-electron chi connectivity index (χ2n) is 10.1. The zero-order valence-corrected chi connectivity index (χ0v) is 22.6. The number of aromatic hydroxyl groups is 1. The zero-order chi connectivity index (χ0) is 30.4. The number of phenolic OH excluding ortho intramolecular Hbond substituents is 1. The van der Waals surface area contributed by atoms with Gasteiger partial charge in [0, 0.05) is 18.4 Å². The number of phenols is 1. The summed E-state index contributed by atoms with van der Waals surface area (Å²) in [4.78, 5) is 59.5. The van der Waals surface area contributed by atoms with E-state index in [-0.39, 0.29) is 29.2 Å². The minimum atomic E-state index is -2.89. The molecule has 0 saturated heterocycles. The first-order chi connectivity index (χ1) is 18.5. The van der Waals surface area contributed by atoms with Crippen LogP contribution in [0, 0.1) is 11.8 Å². The third kappa shape index (κ3) is 5.15. The molecule has 0 spiro atoms. The van der Waals surface area contributed by atoms with Crippen molar-refractivity contribution < 1.29 is 60.1 Å². The van der Waals surface area contributed by atoms with Crippen LogP contribution >= 0.6 is 0 Å². The molecule has 0 aliphatic heterocycles. The van der Waals surface area contributed by atoms with Gasteiger partial charge in [0.25, 0.3) is 5.91 Å². The molecule has 4 rings (SSSR count). The smallest absolute Gasteiger partial charge is 0.322 e. The van der Waals surface area contributed by atoms with Gasteiger partial charge < -0.3 is 47.2 Å². The summed E-state index contributed by atoms with van der Waals surface area (Å²) in [6.07, 6.45) is -1.59. The van der Waals surface area contributed by atoms with Crippen LogP contribution in [0.25, 0.3) is 0 Å². The molecule has 41 heavy (non-hydrogen) atoms. The molecule has 0 saturated carbocycles. The third-order valence-corrected chi connectivity index (χ3v) is 7.48. The number of carboxylic acid groups (broad SMARTS) is 1. The summed E-state index contributed by atoms with van der Waals surface area (Å²) in [6.45, 7) is 2.65. The maximum absolute atomic E-state index is 13.3. The van der Waals surface area contributed by atoms with Crippen LogP contribution in [0.15, 0.2) is 40.9 Å². The molecule has 15 heteroatoms. The number of amides is 2. The lowest BCUT2D eigenvalue weighted by Gasteiger charge is -2.53. The highest BCUT2D eigenvalue weighted by molar-refractivity contribution is 6.25.